The summed E-state index contributed by atoms with van der Waals surface area (Å²) in [5.41, 5.74) is 0. The molecule has 0 aliphatic carbocycles. The normalized spacial score (nSPS) is 15.6. The zero-order valence-electron chi connectivity index (χ0n) is 15.9. The highest BCUT2D eigenvalue weighted by Crippen LogP contribution is 2.26. The van der Waals surface area contributed by atoms with Gasteiger partial charge < -0.3 is 9.64 Å². The highest BCUT2D eigenvalue weighted by Gasteiger charge is 2.28. The summed E-state index contributed by atoms with van der Waals surface area (Å²) in [6.45, 7) is 5.85. The van der Waals surface area contributed by atoms with Crippen molar-refractivity contribution < 1.29 is 9.53 Å². The number of hydrogen-bond acceptors (Lipinski definition) is 4. The molecule has 1 aliphatic heterocycles. The first kappa shape index (κ1) is 18.6. The molecule has 3 rings (SSSR count). The van der Waals surface area contributed by atoms with E-state index in [1.165, 1.54) is 0 Å². The molecular weight excluding hydrogens is 326 g/mol. The van der Waals surface area contributed by atoms with Crippen molar-refractivity contribution in [3.63, 3.8) is 0 Å². The minimum absolute atomic E-state index is 0.0926. The third-order valence-corrected chi connectivity index (χ3v) is 5.19. The largest absolute Gasteiger partial charge is 0.473 e. The van der Waals surface area contributed by atoms with Gasteiger partial charge in [0.05, 0.1) is 6.20 Å². The second-order valence-corrected chi connectivity index (χ2v) is 7.15. The van der Waals surface area contributed by atoms with Crippen LogP contribution in [0.3, 0.4) is 0 Å². The third-order valence-electron chi connectivity index (χ3n) is 5.19. The van der Waals surface area contributed by atoms with E-state index in [2.05, 4.69) is 24.0 Å². The van der Waals surface area contributed by atoms with E-state index in [-0.39, 0.29) is 12.0 Å². The molecule has 5 heteroatoms. The summed E-state index contributed by atoms with van der Waals surface area (Å²) in [7, 11) is 0. The van der Waals surface area contributed by atoms with E-state index < -0.39 is 0 Å². The molecule has 140 valence electrons. The van der Waals surface area contributed by atoms with Crippen molar-refractivity contribution in [2.45, 2.75) is 58.5 Å². The van der Waals surface area contributed by atoms with Gasteiger partial charge in [0.15, 0.2) is 0 Å². The molecule has 0 bridgehead atoms. The lowest BCUT2D eigenvalue weighted by Gasteiger charge is -2.34. The minimum Gasteiger partial charge on any atom is -0.473 e. The van der Waals surface area contributed by atoms with E-state index in [9.17, 15) is 4.79 Å². The van der Waals surface area contributed by atoms with Crippen LogP contribution < -0.4 is 4.74 Å². The maximum atomic E-state index is 12.8. The van der Waals surface area contributed by atoms with Gasteiger partial charge in [0.1, 0.15) is 6.10 Å². The summed E-state index contributed by atoms with van der Waals surface area (Å²) in [6, 6.07) is 8.00. The quantitative estimate of drug-likeness (QED) is 0.746. The van der Waals surface area contributed by atoms with Gasteiger partial charge in [-0.25, -0.2) is 0 Å². The molecule has 2 aromatic rings. The predicted molar refractivity (Wildman–Crippen MR) is 103 cm³/mol. The molecule has 26 heavy (non-hydrogen) atoms. The Labute approximate surface area is 155 Å². The van der Waals surface area contributed by atoms with Gasteiger partial charge in [0, 0.05) is 42.6 Å². The van der Waals surface area contributed by atoms with Gasteiger partial charge in [-0.05, 0) is 18.9 Å². The van der Waals surface area contributed by atoms with Crippen LogP contribution in [0.4, 0.5) is 0 Å². The monoisotopic (exact) mass is 355 g/mol. The fraction of sp³-hybridized carbons (Fsp3) is 0.571. The van der Waals surface area contributed by atoms with E-state index >= 15 is 0 Å². The summed E-state index contributed by atoms with van der Waals surface area (Å²) >= 11 is 0. The number of fused-ring (bicyclic) bond motifs is 1. The highest BCUT2D eigenvalue weighted by molar-refractivity contribution is 5.85. The number of aromatic nitrogens is 2. The molecule has 0 unspecified atom stereocenters. The van der Waals surface area contributed by atoms with Crippen LogP contribution in [0.2, 0.25) is 0 Å². The number of nitrogens with zero attached hydrogens (tertiary/aromatic N) is 3. The van der Waals surface area contributed by atoms with Crippen LogP contribution in [-0.2, 0) is 4.79 Å². The minimum atomic E-state index is 0.0926. The topological polar surface area (TPSA) is 55.3 Å². The molecule has 0 N–H and O–H groups in total. The summed E-state index contributed by atoms with van der Waals surface area (Å²) in [6.07, 6.45) is 7.67. The van der Waals surface area contributed by atoms with Crippen LogP contribution in [-0.4, -0.2) is 40.2 Å². The van der Waals surface area contributed by atoms with E-state index in [0.29, 0.717) is 11.8 Å². The molecule has 1 amide bonds. The second-order valence-electron chi connectivity index (χ2n) is 7.15. The van der Waals surface area contributed by atoms with Gasteiger partial charge in [-0.3, -0.25) is 4.79 Å². The zero-order valence-corrected chi connectivity index (χ0v) is 15.9. The average molecular weight is 355 g/mol. The number of amides is 1. The molecular formula is C21H29N3O2. The van der Waals surface area contributed by atoms with Crippen LogP contribution >= 0.6 is 0 Å². The van der Waals surface area contributed by atoms with Crippen molar-refractivity contribution in [3.05, 3.63) is 30.5 Å². The smallest absolute Gasteiger partial charge is 0.241 e. The lowest BCUT2D eigenvalue weighted by atomic mass is 9.95. The van der Waals surface area contributed by atoms with Crippen molar-refractivity contribution in [2.75, 3.05) is 13.1 Å². The Bertz CT molecular complexity index is 715. The number of rotatable bonds is 7. The first-order valence-corrected chi connectivity index (χ1v) is 9.88. The first-order chi connectivity index (χ1) is 12.7. The highest BCUT2D eigenvalue weighted by atomic mass is 16.5. The van der Waals surface area contributed by atoms with E-state index in [1.807, 2.05) is 29.2 Å². The van der Waals surface area contributed by atoms with Gasteiger partial charge in [-0.15, -0.1) is 5.10 Å². The fourth-order valence-electron chi connectivity index (χ4n) is 3.79. The number of likely N-dealkylation sites (tertiary alicyclic amines) is 1. The fourth-order valence-corrected chi connectivity index (χ4v) is 3.79. The average Bonchev–Trinajstić information content (AvgIpc) is 2.68. The maximum Gasteiger partial charge on any atom is 0.241 e. The Kier molecular flexibility index (Phi) is 6.42. The number of carbonyl (C=O) groups is 1. The van der Waals surface area contributed by atoms with Gasteiger partial charge in [-0.1, -0.05) is 44.9 Å². The lowest BCUT2D eigenvalue weighted by molar-refractivity contribution is -0.137. The van der Waals surface area contributed by atoms with E-state index in [1.54, 1.807) is 6.20 Å². The van der Waals surface area contributed by atoms with Crippen LogP contribution in [0, 0.1) is 5.92 Å². The molecule has 1 saturated heterocycles. The molecule has 1 aromatic carbocycles. The number of ether oxygens (including phenoxy) is 1. The Balaban J connectivity index is 1.59. The van der Waals surface area contributed by atoms with Crippen LogP contribution in [0.5, 0.6) is 5.88 Å². The van der Waals surface area contributed by atoms with E-state index in [4.69, 9.17) is 4.74 Å². The number of piperidine rings is 1. The number of carbonyl (C=O) groups excluding carboxylic acids is 1. The zero-order chi connectivity index (χ0) is 18.4. The van der Waals surface area contributed by atoms with Gasteiger partial charge in [0.25, 0.3) is 0 Å². The van der Waals surface area contributed by atoms with Gasteiger partial charge >= 0.3 is 0 Å². The molecule has 0 atom stereocenters. The molecule has 1 fully saturated rings. The molecule has 2 heterocycles. The van der Waals surface area contributed by atoms with Crippen molar-refractivity contribution >= 4 is 16.7 Å². The van der Waals surface area contributed by atoms with Crippen molar-refractivity contribution in [1.29, 1.82) is 0 Å². The molecule has 0 spiro atoms. The van der Waals surface area contributed by atoms with E-state index in [0.717, 1.165) is 62.4 Å². The molecule has 1 aliphatic rings. The van der Waals surface area contributed by atoms with Gasteiger partial charge in [-0.2, -0.15) is 5.10 Å². The van der Waals surface area contributed by atoms with Crippen LogP contribution in [0.1, 0.15) is 52.4 Å². The summed E-state index contributed by atoms with van der Waals surface area (Å²) in [5, 5.41) is 10.3. The standard InChI is InChI=1S/C21H29N3O2/c1-3-7-16(8-4-2)21(25)24-13-11-18(12-14-24)26-20-19-10-6-5-9-17(19)15-22-23-20/h5-6,9-10,15-16,18H,3-4,7-8,11-14H2,1-2H3. The molecule has 5 nitrogen and oxygen atoms in total. The maximum absolute atomic E-state index is 12.8. The Hall–Kier alpha value is -2.17. The second kappa shape index (κ2) is 8.97. The first-order valence-electron chi connectivity index (χ1n) is 9.88. The summed E-state index contributed by atoms with van der Waals surface area (Å²) in [5.74, 6) is 1.12. The summed E-state index contributed by atoms with van der Waals surface area (Å²) < 4.78 is 6.14. The van der Waals surface area contributed by atoms with Crippen molar-refractivity contribution in [2.24, 2.45) is 5.92 Å². The molecule has 1 aromatic heterocycles. The van der Waals surface area contributed by atoms with Crippen LogP contribution in [0.25, 0.3) is 10.8 Å². The Morgan fingerprint density at radius 2 is 1.88 bits per heavy atom. The number of hydrogen-bond donors (Lipinski definition) is 0. The number of benzene rings is 1. The van der Waals surface area contributed by atoms with Crippen molar-refractivity contribution in [1.82, 2.24) is 15.1 Å². The van der Waals surface area contributed by atoms with Crippen molar-refractivity contribution in [3.8, 4) is 5.88 Å². The SMILES string of the molecule is CCCC(CCC)C(=O)N1CCC(Oc2nncc3ccccc23)CC1. The Morgan fingerprint density at radius 1 is 1.19 bits per heavy atom. The lowest BCUT2D eigenvalue weighted by Crippen LogP contribution is -2.44. The van der Waals surface area contributed by atoms with Crippen LogP contribution in [0.15, 0.2) is 30.5 Å². The predicted octanol–water partition coefficient (Wildman–Crippen LogP) is 4.22. The summed E-state index contributed by atoms with van der Waals surface area (Å²) in [4.78, 5) is 14.8. The molecule has 0 radical (unpaired) electrons. The van der Waals surface area contributed by atoms with Gasteiger partial charge in [0.2, 0.25) is 11.8 Å². The molecule has 0 saturated carbocycles. The third kappa shape index (κ3) is 4.32. The Morgan fingerprint density at radius 3 is 2.58 bits per heavy atom.